The summed E-state index contributed by atoms with van der Waals surface area (Å²) in [6.07, 6.45) is 0. The van der Waals surface area contributed by atoms with E-state index in [1.807, 2.05) is 32.0 Å². The first-order valence-electron chi connectivity index (χ1n) is 5.82. The molecular formula is C14H13BrClFN2. The van der Waals surface area contributed by atoms with E-state index in [2.05, 4.69) is 26.2 Å². The molecule has 0 aliphatic heterocycles. The molecule has 5 heteroatoms. The maximum absolute atomic E-state index is 13.4. The van der Waals surface area contributed by atoms with Gasteiger partial charge in [0, 0.05) is 6.04 Å². The Hall–Kier alpha value is -1.13. The number of hydrogen-bond acceptors (Lipinski definition) is 2. The van der Waals surface area contributed by atoms with E-state index in [4.69, 9.17) is 11.6 Å². The minimum Gasteiger partial charge on any atom is -0.377 e. The Kier molecular flexibility index (Phi) is 4.42. The Labute approximate surface area is 125 Å². The van der Waals surface area contributed by atoms with E-state index in [0.717, 1.165) is 21.5 Å². The number of hydrogen-bond donors (Lipinski definition) is 1. The summed E-state index contributed by atoms with van der Waals surface area (Å²) in [5.41, 5.74) is 2.64. The number of rotatable bonds is 3. The van der Waals surface area contributed by atoms with Crippen molar-refractivity contribution in [3.05, 3.63) is 57.0 Å². The summed E-state index contributed by atoms with van der Waals surface area (Å²) in [4.78, 5) is 4.31. The van der Waals surface area contributed by atoms with E-state index < -0.39 is 5.82 Å². The predicted octanol–water partition coefficient (Wildman–Crippen LogP) is 5.12. The number of halogens is 3. The van der Waals surface area contributed by atoms with Crippen LogP contribution in [0.2, 0.25) is 5.02 Å². The fourth-order valence-electron chi connectivity index (χ4n) is 1.78. The highest BCUT2D eigenvalue weighted by Gasteiger charge is 2.10. The molecule has 0 aliphatic carbocycles. The summed E-state index contributed by atoms with van der Waals surface area (Å²) in [5.74, 6) is -0.404. The molecule has 1 aromatic carbocycles. The lowest BCUT2D eigenvalue weighted by Crippen LogP contribution is -2.08. The first-order valence-corrected chi connectivity index (χ1v) is 6.99. The first kappa shape index (κ1) is 14.3. The van der Waals surface area contributed by atoms with Crippen molar-refractivity contribution in [2.45, 2.75) is 19.9 Å². The van der Waals surface area contributed by atoms with Crippen molar-refractivity contribution in [3.8, 4) is 0 Å². The molecule has 100 valence electrons. The first-order chi connectivity index (χ1) is 8.97. The fourth-order valence-corrected chi connectivity index (χ4v) is 2.30. The molecule has 0 saturated heterocycles. The molecule has 2 nitrogen and oxygen atoms in total. The molecule has 0 fully saturated rings. The van der Waals surface area contributed by atoms with Crippen LogP contribution in [-0.4, -0.2) is 4.98 Å². The average molecular weight is 344 g/mol. The van der Waals surface area contributed by atoms with Gasteiger partial charge < -0.3 is 5.32 Å². The topological polar surface area (TPSA) is 24.9 Å². The average Bonchev–Trinajstić information content (AvgIpc) is 2.36. The largest absolute Gasteiger partial charge is 0.377 e. The molecule has 0 saturated carbocycles. The number of pyridine rings is 1. The summed E-state index contributed by atoms with van der Waals surface area (Å²) >= 11 is 9.00. The van der Waals surface area contributed by atoms with Crippen molar-refractivity contribution < 1.29 is 4.39 Å². The molecule has 0 bridgehead atoms. The van der Waals surface area contributed by atoms with Crippen molar-refractivity contribution in [2.75, 3.05) is 5.32 Å². The van der Waals surface area contributed by atoms with E-state index in [1.165, 1.54) is 6.07 Å². The fraction of sp³-hybridized carbons (Fsp3) is 0.214. The van der Waals surface area contributed by atoms with Crippen molar-refractivity contribution >= 4 is 33.2 Å². The molecule has 2 rings (SSSR count). The van der Waals surface area contributed by atoms with E-state index in [9.17, 15) is 4.39 Å². The van der Waals surface area contributed by atoms with Crippen LogP contribution < -0.4 is 5.32 Å². The molecule has 19 heavy (non-hydrogen) atoms. The number of nitrogens with zero attached hydrogens (tertiary/aromatic N) is 1. The lowest BCUT2D eigenvalue weighted by atomic mass is 10.1. The van der Waals surface area contributed by atoms with E-state index in [-0.39, 0.29) is 11.1 Å². The van der Waals surface area contributed by atoms with Crippen LogP contribution in [0.5, 0.6) is 0 Å². The van der Waals surface area contributed by atoms with Crippen molar-refractivity contribution in [2.24, 2.45) is 0 Å². The van der Waals surface area contributed by atoms with Gasteiger partial charge in [0.15, 0.2) is 0 Å². The van der Waals surface area contributed by atoms with Crippen LogP contribution in [0.15, 0.2) is 34.9 Å². The van der Waals surface area contributed by atoms with E-state index >= 15 is 0 Å². The van der Waals surface area contributed by atoms with Crippen molar-refractivity contribution in [3.63, 3.8) is 0 Å². The Morgan fingerprint density at radius 3 is 2.68 bits per heavy atom. The molecule has 0 radical (unpaired) electrons. The van der Waals surface area contributed by atoms with Crippen LogP contribution in [0, 0.1) is 12.7 Å². The smallest absolute Gasteiger partial charge is 0.142 e. The standard InChI is InChI=1S/C14H13BrClFN2/c1-8(10-3-4-11(16)12(17)7-10)18-13-5-6-14(15)19-9(13)2/h3-8,18H,1-2H3. The molecule has 1 aromatic heterocycles. The predicted molar refractivity (Wildman–Crippen MR) is 80.1 cm³/mol. The Balaban J connectivity index is 2.20. The van der Waals surface area contributed by atoms with Crippen molar-refractivity contribution in [1.82, 2.24) is 4.98 Å². The zero-order valence-corrected chi connectivity index (χ0v) is 12.9. The quantitative estimate of drug-likeness (QED) is 0.783. The minimum atomic E-state index is -0.404. The molecule has 1 N–H and O–H groups in total. The maximum atomic E-state index is 13.4. The lowest BCUT2D eigenvalue weighted by Gasteiger charge is -2.17. The maximum Gasteiger partial charge on any atom is 0.142 e. The third-order valence-electron chi connectivity index (χ3n) is 2.87. The lowest BCUT2D eigenvalue weighted by molar-refractivity contribution is 0.624. The van der Waals surface area contributed by atoms with Gasteiger partial charge in [0.05, 0.1) is 16.4 Å². The second-order valence-corrected chi connectivity index (χ2v) is 5.53. The van der Waals surface area contributed by atoms with Gasteiger partial charge in [-0.25, -0.2) is 9.37 Å². The van der Waals surface area contributed by atoms with Crippen LogP contribution in [0.25, 0.3) is 0 Å². The van der Waals surface area contributed by atoms with Gasteiger partial charge in [-0.05, 0) is 59.6 Å². The highest BCUT2D eigenvalue weighted by Crippen LogP contribution is 2.25. The van der Waals surface area contributed by atoms with Gasteiger partial charge >= 0.3 is 0 Å². The summed E-state index contributed by atoms with van der Waals surface area (Å²) < 4.78 is 14.2. The SMILES string of the molecule is Cc1nc(Br)ccc1NC(C)c1ccc(Cl)c(F)c1. The van der Waals surface area contributed by atoms with Crippen LogP contribution in [0.1, 0.15) is 24.2 Å². The van der Waals surface area contributed by atoms with Gasteiger partial charge in [-0.2, -0.15) is 0 Å². The summed E-state index contributed by atoms with van der Waals surface area (Å²) in [6, 6.07) is 8.59. The summed E-state index contributed by atoms with van der Waals surface area (Å²) in [5, 5.41) is 3.44. The third kappa shape index (κ3) is 3.45. The summed E-state index contributed by atoms with van der Waals surface area (Å²) in [7, 11) is 0. The number of aromatic nitrogens is 1. The van der Waals surface area contributed by atoms with Crippen LogP contribution in [0.3, 0.4) is 0 Å². The van der Waals surface area contributed by atoms with E-state index in [1.54, 1.807) is 6.07 Å². The zero-order valence-electron chi connectivity index (χ0n) is 10.5. The molecular weight excluding hydrogens is 331 g/mol. The van der Waals surface area contributed by atoms with Crippen LogP contribution >= 0.6 is 27.5 Å². The molecule has 0 amide bonds. The number of aryl methyl sites for hydroxylation is 1. The highest BCUT2D eigenvalue weighted by atomic mass is 79.9. The number of nitrogens with one attached hydrogen (secondary N) is 1. The van der Waals surface area contributed by atoms with Gasteiger partial charge in [0.1, 0.15) is 10.4 Å². The second-order valence-electron chi connectivity index (χ2n) is 4.31. The Bertz CT molecular complexity index is 604. The number of benzene rings is 1. The molecule has 0 spiro atoms. The molecule has 0 aliphatic rings. The second kappa shape index (κ2) is 5.88. The van der Waals surface area contributed by atoms with Crippen LogP contribution in [-0.2, 0) is 0 Å². The summed E-state index contributed by atoms with van der Waals surface area (Å²) in [6.45, 7) is 3.88. The number of anilines is 1. The van der Waals surface area contributed by atoms with E-state index in [0.29, 0.717) is 0 Å². The third-order valence-corrected chi connectivity index (χ3v) is 3.62. The molecule has 1 heterocycles. The van der Waals surface area contributed by atoms with Gasteiger partial charge in [-0.1, -0.05) is 17.7 Å². The normalized spacial score (nSPS) is 12.3. The molecule has 1 atom stereocenters. The van der Waals surface area contributed by atoms with Gasteiger partial charge in [-0.3, -0.25) is 0 Å². The van der Waals surface area contributed by atoms with Crippen LogP contribution in [0.4, 0.5) is 10.1 Å². The van der Waals surface area contributed by atoms with Gasteiger partial charge in [0.2, 0.25) is 0 Å². The Morgan fingerprint density at radius 2 is 2.05 bits per heavy atom. The van der Waals surface area contributed by atoms with Crippen molar-refractivity contribution in [1.29, 1.82) is 0 Å². The highest BCUT2D eigenvalue weighted by molar-refractivity contribution is 9.10. The van der Waals surface area contributed by atoms with Gasteiger partial charge in [-0.15, -0.1) is 0 Å². The molecule has 2 aromatic rings. The monoisotopic (exact) mass is 342 g/mol. The minimum absolute atomic E-state index is 0.0338. The van der Waals surface area contributed by atoms with Gasteiger partial charge in [0.25, 0.3) is 0 Å². The Morgan fingerprint density at radius 1 is 1.32 bits per heavy atom. The molecule has 1 unspecified atom stereocenters. The zero-order chi connectivity index (χ0) is 14.0.